The first kappa shape index (κ1) is 17.6. The molecule has 3 rings (SSSR count). The lowest BCUT2D eigenvalue weighted by atomic mass is 10.3. The van der Waals surface area contributed by atoms with Gasteiger partial charge in [-0.05, 0) is 48.9 Å². The minimum absolute atomic E-state index is 0.134. The van der Waals surface area contributed by atoms with Crippen molar-refractivity contribution in [2.75, 3.05) is 23.4 Å². The molecule has 130 valence electrons. The molecule has 1 aliphatic rings. The van der Waals surface area contributed by atoms with Crippen molar-refractivity contribution in [3.05, 3.63) is 52.5 Å². The molecule has 1 N–H and O–H groups in total. The highest BCUT2D eigenvalue weighted by molar-refractivity contribution is 6.42. The van der Waals surface area contributed by atoms with Crippen LogP contribution >= 0.6 is 23.2 Å². The second-order valence-electron chi connectivity index (χ2n) is 5.61. The second kappa shape index (κ2) is 7.76. The van der Waals surface area contributed by atoms with Crippen LogP contribution in [0.4, 0.5) is 11.4 Å². The van der Waals surface area contributed by atoms with Crippen molar-refractivity contribution in [1.82, 2.24) is 0 Å². The molecule has 2 aromatic carbocycles. The molecule has 2 aromatic rings. The Bertz CT molecular complexity index is 793. The molecule has 0 bridgehead atoms. The number of hydrogen-bond donors (Lipinski definition) is 1. The maximum atomic E-state index is 11.9. The minimum atomic E-state index is -0.308. The zero-order valence-electron chi connectivity index (χ0n) is 13.3. The fourth-order valence-electron chi connectivity index (χ4n) is 2.56. The SMILES string of the molecule is O=C(COc1ccc(N2CCCC2=O)cc1)Nc1ccc(Cl)c(Cl)c1. The normalized spacial score (nSPS) is 13.8. The van der Waals surface area contributed by atoms with Crippen LogP contribution in [0.25, 0.3) is 0 Å². The summed E-state index contributed by atoms with van der Waals surface area (Å²) >= 11 is 11.7. The van der Waals surface area contributed by atoms with Gasteiger partial charge in [-0.25, -0.2) is 0 Å². The molecule has 2 amide bonds. The summed E-state index contributed by atoms with van der Waals surface area (Å²) in [7, 11) is 0. The average Bonchev–Trinajstić information content (AvgIpc) is 3.03. The summed E-state index contributed by atoms with van der Waals surface area (Å²) in [6, 6.07) is 12.0. The first-order valence-corrected chi connectivity index (χ1v) is 8.56. The van der Waals surface area contributed by atoms with Crippen LogP contribution in [0.1, 0.15) is 12.8 Å². The van der Waals surface area contributed by atoms with Gasteiger partial charge in [0, 0.05) is 24.3 Å². The molecule has 0 saturated carbocycles. The zero-order valence-corrected chi connectivity index (χ0v) is 14.8. The van der Waals surface area contributed by atoms with Crippen LogP contribution in [-0.4, -0.2) is 25.0 Å². The van der Waals surface area contributed by atoms with Crippen LogP contribution in [-0.2, 0) is 9.59 Å². The van der Waals surface area contributed by atoms with Gasteiger partial charge in [-0.3, -0.25) is 9.59 Å². The maximum absolute atomic E-state index is 11.9. The fraction of sp³-hybridized carbons (Fsp3) is 0.222. The number of carbonyl (C=O) groups excluding carboxylic acids is 2. The quantitative estimate of drug-likeness (QED) is 0.850. The molecule has 5 nitrogen and oxygen atoms in total. The third kappa shape index (κ3) is 4.44. The third-order valence-electron chi connectivity index (χ3n) is 3.80. The van der Waals surface area contributed by atoms with Gasteiger partial charge in [-0.2, -0.15) is 0 Å². The molecule has 0 spiro atoms. The van der Waals surface area contributed by atoms with Crippen LogP contribution in [0.15, 0.2) is 42.5 Å². The summed E-state index contributed by atoms with van der Waals surface area (Å²) in [6.07, 6.45) is 1.47. The second-order valence-corrected chi connectivity index (χ2v) is 6.42. The van der Waals surface area contributed by atoms with Crippen LogP contribution in [0.3, 0.4) is 0 Å². The monoisotopic (exact) mass is 378 g/mol. The van der Waals surface area contributed by atoms with E-state index in [1.807, 2.05) is 12.1 Å². The van der Waals surface area contributed by atoms with Crippen LogP contribution in [0, 0.1) is 0 Å². The molecule has 1 aliphatic heterocycles. The summed E-state index contributed by atoms with van der Waals surface area (Å²) in [5, 5.41) is 3.47. The Labute approximate surface area is 155 Å². The van der Waals surface area contributed by atoms with Crippen molar-refractivity contribution in [2.24, 2.45) is 0 Å². The lowest BCUT2D eigenvalue weighted by Crippen LogP contribution is -2.23. The van der Waals surface area contributed by atoms with Crippen molar-refractivity contribution in [2.45, 2.75) is 12.8 Å². The highest BCUT2D eigenvalue weighted by Gasteiger charge is 2.21. The Morgan fingerprint density at radius 3 is 2.52 bits per heavy atom. The number of halogens is 2. The van der Waals surface area contributed by atoms with Crippen molar-refractivity contribution in [3.8, 4) is 5.75 Å². The first-order chi connectivity index (χ1) is 12.0. The lowest BCUT2D eigenvalue weighted by molar-refractivity contribution is -0.118. The Morgan fingerprint density at radius 2 is 1.88 bits per heavy atom. The van der Waals surface area contributed by atoms with Crippen molar-refractivity contribution < 1.29 is 14.3 Å². The van der Waals surface area contributed by atoms with Crippen molar-refractivity contribution in [3.63, 3.8) is 0 Å². The molecule has 0 aliphatic carbocycles. The van der Waals surface area contributed by atoms with E-state index in [1.165, 1.54) is 0 Å². The predicted octanol–water partition coefficient (Wildman–Crippen LogP) is 4.14. The molecule has 0 atom stereocenters. The van der Waals surface area contributed by atoms with E-state index < -0.39 is 0 Å². The molecule has 1 saturated heterocycles. The van der Waals surface area contributed by atoms with Crippen LogP contribution in [0.2, 0.25) is 10.0 Å². The first-order valence-electron chi connectivity index (χ1n) is 7.81. The fourth-order valence-corrected chi connectivity index (χ4v) is 2.86. The Morgan fingerprint density at radius 1 is 1.12 bits per heavy atom. The highest BCUT2D eigenvalue weighted by Crippen LogP contribution is 2.25. The van der Waals surface area contributed by atoms with E-state index in [9.17, 15) is 9.59 Å². The number of nitrogens with one attached hydrogen (secondary N) is 1. The van der Waals surface area contributed by atoms with Crippen LogP contribution < -0.4 is 15.0 Å². The number of benzene rings is 2. The van der Waals surface area contributed by atoms with E-state index in [-0.39, 0.29) is 18.4 Å². The maximum Gasteiger partial charge on any atom is 0.262 e. The van der Waals surface area contributed by atoms with Gasteiger partial charge in [0.05, 0.1) is 10.0 Å². The molecule has 0 unspecified atom stereocenters. The molecule has 0 radical (unpaired) electrons. The number of nitrogens with zero attached hydrogens (tertiary/aromatic N) is 1. The van der Waals surface area contributed by atoms with E-state index in [2.05, 4.69) is 5.32 Å². The smallest absolute Gasteiger partial charge is 0.262 e. The van der Waals surface area contributed by atoms with Gasteiger partial charge in [0.1, 0.15) is 5.75 Å². The van der Waals surface area contributed by atoms with Gasteiger partial charge in [0.25, 0.3) is 5.91 Å². The van der Waals surface area contributed by atoms with Crippen molar-refractivity contribution in [1.29, 1.82) is 0 Å². The summed E-state index contributed by atoms with van der Waals surface area (Å²) in [5.74, 6) is 0.381. The summed E-state index contributed by atoms with van der Waals surface area (Å²) < 4.78 is 5.46. The summed E-state index contributed by atoms with van der Waals surface area (Å²) in [4.78, 5) is 25.4. The number of carbonyl (C=O) groups is 2. The molecular weight excluding hydrogens is 363 g/mol. The van der Waals surface area contributed by atoms with E-state index in [0.717, 1.165) is 18.7 Å². The molecule has 25 heavy (non-hydrogen) atoms. The molecule has 1 fully saturated rings. The number of rotatable bonds is 5. The van der Waals surface area contributed by atoms with E-state index >= 15 is 0 Å². The van der Waals surface area contributed by atoms with Crippen molar-refractivity contribution >= 4 is 46.4 Å². The Balaban J connectivity index is 1.53. The summed E-state index contributed by atoms with van der Waals surface area (Å²) in [5.41, 5.74) is 1.39. The van der Waals surface area contributed by atoms with Gasteiger partial charge < -0.3 is 15.0 Å². The Kier molecular flexibility index (Phi) is 5.46. The van der Waals surface area contributed by atoms with Gasteiger partial charge in [-0.15, -0.1) is 0 Å². The highest BCUT2D eigenvalue weighted by atomic mass is 35.5. The lowest BCUT2D eigenvalue weighted by Gasteiger charge is -2.16. The number of hydrogen-bond acceptors (Lipinski definition) is 3. The van der Waals surface area contributed by atoms with Gasteiger partial charge in [0.2, 0.25) is 5.91 Å². The average molecular weight is 379 g/mol. The van der Waals surface area contributed by atoms with Gasteiger partial charge in [0.15, 0.2) is 6.61 Å². The largest absolute Gasteiger partial charge is 0.484 e. The van der Waals surface area contributed by atoms with E-state index in [1.54, 1.807) is 35.2 Å². The zero-order chi connectivity index (χ0) is 17.8. The third-order valence-corrected chi connectivity index (χ3v) is 4.53. The number of amides is 2. The minimum Gasteiger partial charge on any atom is -0.484 e. The number of ether oxygens (including phenoxy) is 1. The van der Waals surface area contributed by atoms with Gasteiger partial charge >= 0.3 is 0 Å². The molecular formula is C18H16Cl2N2O3. The number of anilines is 2. The molecule has 1 heterocycles. The van der Waals surface area contributed by atoms with Gasteiger partial charge in [-0.1, -0.05) is 23.2 Å². The molecule has 0 aromatic heterocycles. The molecule has 7 heteroatoms. The van der Waals surface area contributed by atoms with E-state index in [4.69, 9.17) is 27.9 Å². The topological polar surface area (TPSA) is 58.6 Å². The summed E-state index contributed by atoms with van der Waals surface area (Å²) in [6.45, 7) is 0.604. The van der Waals surface area contributed by atoms with Crippen LogP contribution in [0.5, 0.6) is 5.75 Å². The van der Waals surface area contributed by atoms with E-state index in [0.29, 0.717) is 27.9 Å². The standard InChI is InChI=1S/C18H16Cl2N2O3/c19-15-8-3-12(10-16(15)20)21-17(23)11-25-14-6-4-13(5-7-14)22-9-1-2-18(22)24/h3-8,10H,1-2,9,11H2,(H,21,23). The Hall–Kier alpha value is -2.24. The predicted molar refractivity (Wildman–Crippen MR) is 98.6 cm³/mol.